The van der Waals surface area contributed by atoms with E-state index in [0.717, 1.165) is 0 Å². The fraction of sp³-hybridized carbons (Fsp3) is 0.0769. The number of rotatable bonds is 2. The first kappa shape index (κ1) is 13.1. The summed E-state index contributed by atoms with van der Waals surface area (Å²) in [5.41, 5.74) is 0.815. The van der Waals surface area contributed by atoms with Gasteiger partial charge in [0.15, 0.2) is 0 Å². The monoisotopic (exact) mass is 275 g/mol. The van der Waals surface area contributed by atoms with Gasteiger partial charge in [0.05, 0.1) is 5.02 Å². The van der Waals surface area contributed by atoms with E-state index in [2.05, 4.69) is 27.1 Å². The van der Waals surface area contributed by atoms with Crippen molar-refractivity contribution in [1.29, 1.82) is 0 Å². The van der Waals surface area contributed by atoms with E-state index < -0.39 is 0 Å². The Labute approximate surface area is 114 Å². The van der Waals surface area contributed by atoms with Crippen molar-refractivity contribution in [3.05, 3.63) is 46.9 Å². The van der Waals surface area contributed by atoms with Crippen molar-refractivity contribution in [2.45, 2.75) is 0 Å². The molecule has 0 atom stereocenters. The first-order valence-corrected chi connectivity index (χ1v) is 5.79. The number of aliphatic hydroxyl groups excluding tert-OH is 1. The Kier molecular flexibility index (Phi) is 4.18. The van der Waals surface area contributed by atoms with E-state index >= 15 is 0 Å². The summed E-state index contributed by atoms with van der Waals surface area (Å²) in [6.07, 6.45) is 1.52. The topological polar surface area (TPSA) is 78.0 Å². The molecule has 0 aliphatic heterocycles. The number of carbonyl (C=O) groups is 1. The SMILES string of the molecule is O=C(Nc1cccc(C#CCO)n1)c1cc(Cl)c[nH]1. The molecule has 96 valence electrons. The predicted octanol–water partition coefficient (Wildman–Crippen LogP) is 1.66. The van der Waals surface area contributed by atoms with Gasteiger partial charge in [-0.15, -0.1) is 0 Å². The van der Waals surface area contributed by atoms with Gasteiger partial charge in [0.25, 0.3) is 5.91 Å². The number of anilines is 1. The average molecular weight is 276 g/mol. The van der Waals surface area contributed by atoms with E-state index in [0.29, 0.717) is 22.2 Å². The lowest BCUT2D eigenvalue weighted by Gasteiger charge is -2.02. The Bertz CT molecular complexity index is 655. The number of aromatic nitrogens is 2. The number of halogens is 1. The standard InChI is InChI=1S/C13H10ClN3O2/c14-9-7-11(15-8-9)13(19)17-12-5-1-3-10(16-12)4-2-6-18/h1,3,5,7-8,15,18H,6H2,(H,16,17,19). The Hall–Kier alpha value is -2.29. The van der Waals surface area contributed by atoms with Crippen molar-refractivity contribution in [3.8, 4) is 11.8 Å². The number of pyridine rings is 1. The molecule has 5 nitrogen and oxygen atoms in total. The van der Waals surface area contributed by atoms with Gasteiger partial charge in [-0.1, -0.05) is 23.6 Å². The lowest BCUT2D eigenvalue weighted by atomic mass is 10.3. The maximum absolute atomic E-state index is 11.8. The third kappa shape index (κ3) is 3.58. The number of H-pyrrole nitrogens is 1. The Balaban J connectivity index is 2.13. The molecule has 0 bridgehead atoms. The van der Waals surface area contributed by atoms with Gasteiger partial charge in [0.1, 0.15) is 23.8 Å². The number of nitrogens with zero attached hydrogens (tertiary/aromatic N) is 1. The summed E-state index contributed by atoms with van der Waals surface area (Å²) in [5.74, 6) is 5.18. The molecule has 0 spiro atoms. The zero-order valence-electron chi connectivity index (χ0n) is 9.77. The minimum Gasteiger partial charge on any atom is -0.384 e. The lowest BCUT2D eigenvalue weighted by Crippen LogP contribution is -2.13. The molecule has 0 aliphatic rings. The summed E-state index contributed by atoms with van der Waals surface area (Å²) >= 11 is 5.72. The minimum atomic E-state index is -0.341. The zero-order valence-corrected chi connectivity index (χ0v) is 10.5. The summed E-state index contributed by atoms with van der Waals surface area (Å²) in [6.45, 7) is -0.237. The van der Waals surface area contributed by atoms with Gasteiger partial charge in [-0.3, -0.25) is 4.79 Å². The van der Waals surface area contributed by atoms with Crippen molar-refractivity contribution < 1.29 is 9.90 Å². The Morgan fingerprint density at radius 3 is 3.05 bits per heavy atom. The summed E-state index contributed by atoms with van der Waals surface area (Å²) in [5, 5.41) is 11.7. The first-order chi connectivity index (χ1) is 9.19. The van der Waals surface area contributed by atoms with Crippen LogP contribution >= 0.6 is 11.6 Å². The number of aliphatic hydroxyl groups is 1. The molecule has 0 aliphatic carbocycles. The highest BCUT2D eigenvalue weighted by Gasteiger charge is 2.08. The van der Waals surface area contributed by atoms with Crippen LogP contribution in [0.5, 0.6) is 0 Å². The van der Waals surface area contributed by atoms with Crippen molar-refractivity contribution in [2.75, 3.05) is 11.9 Å². The van der Waals surface area contributed by atoms with Crippen molar-refractivity contribution in [1.82, 2.24) is 9.97 Å². The summed E-state index contributed by atoms with van der Waals surface area (Å²) in [7, 11) is 0. The molecule has 0 fully saturated rings. The Morgan fingerprint density at radius 1 is 1.53 bits per heavy atom. The smallest absolute Gasteiger partial charge is 0.273 e. The van der Waals surface area contributed by atoms with Crippen LogP contribution in [0.15, 0.2) is 30.5 Å². The molecule has 0 saturated heterocycles. The third-order valence-electron chi connectivity index (χ3n) is 2.18. The molecule has 0 radical (unpaired) electrons. The minimum absolute atomic E-state index is 0.237. The van der Waals surface area contributed by atoms with Gasteiger partial charge in [0.2, 0.25) is 0 Å². The fourth-order valence-corrected chi connectivity index (χ4v) is 1.55. The largest absolute Gasteiger partial charge is 0.384 e. The molecule has 0 saturated carbocycles. The molecular formula is C13H10ClN3O2. The van der Waals surface area contributed by atoms with Gasteiger partial charge in [-0.2, -0.15) is 0 Å². The second-order valence-electron chi connectivity index (χ2n) is 3.55. The molecule has 2 aromatic heterocycles. The lowest BCUT2D eigenvalue weighted by molar-refractivity contribution is 0.102. The molecule has 3 N–H and O–H groups in total. The summed E-state index contributed by atoms with van der Waals surface area (Å²) < 4.78 is 0. The molecule has 0 aromatic carbocycles. The van der Waals surface area contributed by atoms with Crippen LogP contribution in [0, 0.1) is 11.8 Å². The quantitative estimate of drug-likeness (QED) is 0.730. The number of aromatic amines is 1. The molecule has 6 heteroatoms. The molecular weight excluding hydrogens is 266 g/mol. The van der Waals surface area contributed by atoms with Crippen LogP contribution in [0.1, 0.15) is 16.2 Å². The van der Waals surface area contributed by atoms with Crippen LogP contribution in [0.3, 0.4) is 0 Å². The van der Waals surface area contributed by atoms with Gasteiger partial charge in [0, 0.05) is 6.20 Å². The van der Waals surface area contributed by atoms with E-state index in [-0.39, 0.29) is 12.5 Å². The van der Waals surface area contributed by atoms with Crippen LogP contribution < -0.4 is 5.32 Å². The summed E-state index contributed by atoms with van der Waals surface area (Å²) in [6, 6.07) is 6.56. The maximum atomic E-state index is 11.8. The van der Waals surface area contributed by atoms with E-state index in [9.17, 15) is 4.79 Å². The van der Waals surface area contributed by atoms with E-state index in [4.69, 9.17) is 16.7 Å². The average Bonchev–Trinajstić information content (AvgIpc) is 2.83. The highest BCUT2D eigenvalue weighted by Crippen LogP contribution is 2.11. The summed E-state index contributed by atoms with van der Waals surface area (Å²) in [4.78, 5) is 18.7. The number of hydrogen-bond acceptors (Lipinski definition) is 3. The highest BCUT2D eigenvalue weighted by molar-refractivity contribution is 6.31. The second kappa shape index (κ2) is 6.05. The predicted molar refractivity (Wildman–Crippen MR) is 72.0 cm³/mol. The van der Waals surface area contributed by atoms with E-state index in [1.807, 2.05) is 0 Å². The van der Waals surface area contributed by atoms with Crippen LogP contribution in [0.25, 0.3) is 0 Å². The maximum Gasteiger partial charge on any atom is 0.273 e. The highest BCUT2D eigenvalue weighted by atomic mass is 35.5. The number of amides is 1. The second-order valence-corrected chi connectivity index (χ2v) is 3.99. The van der Waals surface area contributed by atoms with Crippen LogP contribution in [-0.4, -0.2) is 27.6 Å². The number of carbonyl (C=O) groups excluding carboxylic acids is 1. The molecule has 2 aromatic rings. The molecule has 2 heterocycles. The van der Waals surface area contributed by atoms with Gasteiger partial charge in [-0.25, -0.2) is 4.98 Å². The van der Waals surface area contributed by atoms with Crippen LogP contribution in [0.4, 0.5) is 5.82 Å². The normalized spacial score (nSPS) is 9.58. The van der Waals surface area contributed by atoms with Crippen molar-refractivity contribution in [2.24, 2.45) is 0 Å². The van der Waals surface area contributed by atoms with Gasteiger partial charge >= 0.3 is 0 Å². The first-order valence-electron chi connectivity index (χ1n) is 5.41. The van der Waals surface area contributed by atoms with Crippen LogP contribution in [-0.2, 0) is 0 Å². The van der Waals surface area contributed by atoms with E-state index in [1.165, 1.54) is 12.3 Å². The van der Waals surface area contributed by atoms with Gasteiger partial charge < -0.3 is 15.4 Å². The zero-order chi connectivity index (χ0) is 13.7. The molecule has 0 unspecified atom stereocenters. The van der Waals surface area contributed by atoms with Crippen molar-refractivity contribution >= 4 is 23.3 Å². The van der Waals surface area contributed by atoms with Crippen molar-refractivity contribution in [3.63, 3.8) is 0 Å². The molecule has 1 amide bonds. The van der Waals surface area contributed by atoms with E-state index in [1.54, 1.807) is 18.2 Å². The van der Waals surface area contributed by atoms with Gasteiger partial charge in [-0.05, 0) is 24.1 Å². The third-order valence-corrected chi connectivity index (χ3v) is 2.40. The molecule has 2 rings (SSSR count). The number of nitrogens with one attached hydrogen (secondary N) is 2. The fourth-order valence-electron chi connectivity index (χ4n) is 1.39. The molecule has 19 heavy (non-hydrogen) atoms. The Morgan fingerprint density at radius 2 is 2.37 bits per heavy atom. The van der Waals surface area contributed by atoms with Crippen LogP contribution in [0.2, 0.25) is 5.02 Å². The number of hydrogen-bond donors (Lipinski definition) is 3.